The van der Waals surface area contributed by atoms with Crippen LogP contribution in [0.15, 0.2) is 24.5 Å². The fourth-order valence-electron chi connectivity index (χ4n) is 0.635. The highest BCUT2D eigenvalue weighted by Gasteiger charge is 1.81. The number of aliphatic hydroxyl groups is 1. The second-order valence-electron chi connectivity index (χ2n) is 1.64. The van der Waals surface area contributed by atoms with E-state index in [2.05, 4.69) is 0 Å². The maximum absolute atomic E-state index is 8.42. The smallest absolute Gasteiger partial charge is 0.0610 e. The lowest BCUT2D eigenvalue weighted by atomic mass is 10.7. The molecular weight excluding hydrogens is 102 g/mol. The molecule has 0 saturated heterocycles. The van der Waals surface area contributed by atoms with Crippen LogP contribution in [0, 0.1) is 0 Å². The Morgan fingerprint density at radius 1 is 1.25 bits per heavy atom. The summed E-state index contributed by atoms with van der Waals surface area (Å²) in [7, 11) is 0. The van der Waals surface area contributed by atoms with Crippen molar-refractivity contribution in [2.75, 3.05) is 6.61 Å². The van der Waals surface area contributed by atoms with Crippen molar-refractivity contribution in [2.24, 2.45) is 0 Å². The van der Waals surface area contributed by atoms with Crippen LogP contribution in [0.3, 0.4) is 0 Å². The van der Waals surface area contributed by atoms with Crippen molar-refractivity contribution in [1.82, 2.24) is 4.57 Å². The molecule has 0 spiro atoms. The molecule has 8 heavy (non-hydrogen) atoms. The van der Waals surface area contributed by atoms with Crippen LogP contribution in [0.4, 0.5) is 0 Å². The molecule has 1 heterocycles. The van der Waals surface area contributed by atoms with E-state index in [1.165, 1.54) is 0 Å². The number of hydrogen-bond donors (Lipinski definition) is 1. The summed E-state index contributed by atoms with van der Waals surface area (Å²) >= 11 is 0. The SMILES string of the molecule is OCCn1cccc1. The van der Waals surface area contributed by atoms with Crippen molar-refractivity contribution in [2.45, 2.75) is 6.54 Å². The predicted octanol–water partition coefficient (Wildman–Crippen LogP) is 0.480. The molecule has 0 bridgehead atoms. The van der Waals surface area contributed by atoms with E-state index < -0.39 is 0 Å². The highest BCUT2D eigenvalue weighted by molar-refractivity contribution is 4.89. The Labute approximate surface area is 48.4 Å². The molecule has 0 aromatic carbocycles. The van der Waals surface area contributed by atoms with Gasteiger partial charge in [0.25, 0.3) is 0 Å². The summed E-state index contributed by atoms with van der Waals surface area (Å²) in [5.74, 6) is 0. The predicted molar refractivity (Wildman–Crippen MR) is 31.5 cm³/mol. The molecule has 2 heteroatoms. The van der Waals surface area contributed by atoms with Gasteiger partial charge in [0.1, 0.15) is 0 Å². The minimum atomic E-state index is 0.217. The van der Waals surface area contributed by atoms with Crippen LogP contribution in [-0.2, 0) is 6.54 Å². The molecule has 0 aliphatic carbocycles. The highest BCUT2D eigenvalue weighted by Crippen LogP contribution is 1.86. The molecule has 1 rings (SSSR count). The third-order valence-electron chi connectivity index (χ3n) is 1.02. The van der Waals surface area contributed by atoms with E-state index in [-0.39, 0.29) is 6.61 Å². The van der Waals surface area contributed by atoms with Gasteiger partial charge in [-0.1, -0.05) is 0 Å². The fraction of sp³-hybridized carbons (Fsp3) is 0.333. The third kappa shape index (κ3) is 1.10. The zero-order valence-corrected chi connectivity index (χ0v) is 4.62. The van der Waals surface area contributed by atoms with E-state index in [0.717, 1.165) is 0 Å². The van der Waals surface area contributed by atoms with Crippen LogP contribution in [0.2, 0.25) is 0 Å². The molecular formula is C6H9NO. The topological polar surface area (TPSA) is 25.2 Å². The molecule has 0 saturated carbocycles. The molecule has 44 valence electrons. The first-order chi connectivity index (χ1) is 3.93. The molecule has 0 radical (unpaired) electrons. The van der Waals surface area contributed by atoms with Crippen molar-refractivity contribution >= 4 is 0 Å². The molecule has 1 aromatic rings. The zero-order valence-electron chi connectivity index (χ0n) is 4.62. The Hall–Kier alpha value is -0.760. The molecule has 0 aliphatic rings. The van der Waals surface area contributed by atoms with Crippen LogP contribution >= 0.6 is 0 Å². The Balaban J connectivity index is 2.50. The van der Waals surface area contributed by atoms with E-state index in [0.29, 0.717) is 6.54 Å². The van der Waals surface area contributed by atoms with Crippen LogP contribution in [0.25, 0.3) is 0 Å². The monoisotopic (exact) mass is 111 g/mol. The molecule has 0 fully saturated rings. The lowest BCUT2D eigenvalue weighted by Gasteiger charge is -1.94. The van der Waals surface area contributed by atoms with E-state index in [4.69, 9.17) is 5.11 Å². The van der Waals surface area contributed by atoms with Crippen LogP contribution in [0.1, 0.15) is 0 Å². The first-order valence-electron chi connectivity index (χ1n) is 2.65. The summed E-state index contributed by atoms with van der Waals surface area (Å²) in [5.41, 5.74) is 0. The summed E-state index contributed by atoms with van der Waals surface area (Å²) in [6.45, 7) is 0.918. The average Bonchev–Trinajstić information content (AvgIpc) is 2.19. The number of nitrogens with zero attached hydrogens (tertiary/aromatic N) is 1. The number of rotatable bonds is 2. The van der Waals surface area contributed by atoms with E-state index in [1.54, 1.807) is 0 Å². The highest BCUT2D eigenvalue weighted by atomic mass is 16.3. The van der Waals surface area contributed by atoms with Crippen molar-refractivity contribution in [3.05, 3.63) is 24.5 Å². The van der Waals surface area contributed by atoms with Gasteiger partial charge in [-0.25, -0.2) is 0 Å². The van der Waals surface area contributed by atoms with Crippen molar-refractivity contribution in [1.29, 1.82) is 0 Å². The summed E-state index contributed by atoms with van der Waals surface area (Å²) in [5, 5.41) is 8.42. The van der Waals surface area contributed by atoms with Gasteiger partial charge in [-0.2, -0.15) is 0 Å². The second-order valence-corrected chi connectivity index (χ2v) is 1.64. The minimum absolute atomic E-state index is 0.217. The largest absolute Gasteiger partial charge is 0.395 e. The molecule has 0 atom stereocenters. The van der Waals surface area contributed by atoms with Crippen molar-refractivity contribution in [3.8, 4) is 0 Å². The number of hydrogen-bond acceptors (Lipinski definition) is 1. The zero-order chi connectivity index (χ0) is 5.82. The van der Waals surface area contributed by atoms with E-state index in [9.17, 15) is 0 Å². The van der Waals surface area contributed by atoms with Gasteiger partial charge in [-0.05, 0) is 12.1 Å². The van der Waals surface area contributed by atoms with Gasteiger partial charge < -0.3 is 9.67 Å². The molecule has 0 unspecified atom stereocenters. The molecule has 2 nitrogen and oxygen atoms in total. The van der Waals surface area contributed by atoms with Crippen molar-refractivity contribution < 1.29 is 5.11 Å². The van der Waals surface area contributed by atoms with Gasteiger partial charge in [0.05, 0.1) is 6.61 Å². The number of aliphatic hydroxyl groups excluding tert-OH is 1. The Bertz CT molecular complexity index is 134. The van der Waals surface area contributed by atoms with Crippen LogP contribution in [-0.4, -0.2) is 16.3 Å². The van der Waals surface area contributed by atoms with E-state index >= 15 is 0 Å². The Kier molecular flexibility index (Phi) is 1.70. The molecule has 1 aromatic heterocycles. The minimum Gasteiger partial charge on any atom is -0.395 e. The van der Waals surface area contributed by atoms with Gasteiger partial charge in [0.15, 0.2) is 0 Å². The van der Waals surface area contributed by atoms with Gasteiger partial charge >= 0.3 is 0 Å². The van der Waals surface area contributed by atoms with E-state index in [1.807, 2.05) is 29.1 Å². The maximum Gasteiger partial charge on any atom is 0.0610 e. The number of aromatic nitrogens is 1. The second kappa shape index (κ2) is 2.52. The van der Waals surface area contributed by atoms with Crippen LogP contribution in [0.5, 0.6) is 0 Å². The normalized spacial score (nSPS) is 9.62. The standard InChI is InChI=1S/C6H9NO/c8-6-5-7-3-1-2-4-7/h1-4,8H,5-6H2. The van der Waals surface area contributed by atoms with Gasteiger partial charge in [-0.3, -0.25) is 0 Å². The summed E-state index contributed by atoms with van der Waals surface area (Å²) in [4.78, 5) is 0. The summed E-state index contributed by atoms with van der Waals surface area (Å²) in [6.07, 6.45) is 3.85. The Morgan fingerprint density at radius 3 is 2.38 bits per heavy atom. The molecule has 1 N–H and O–H groups in total. The lowest BCUT2D eigenvalue weighted by Crippen LogP contribution is -1.97. The van der Waals surface area contributed by atoms with Gasteiger partial charge in [-0.15, -0.1) is 0 Å². The maximum atomic E-state index is 8.42. The summed E-state index contributed by atoms with van der Waals surface area (Å²) in [6, 6.07) is 3.88. The Morgan fingerprint density at radius 2 is 1.88 bits per heavy atom. The van der Waals surface area contributed by atoms with Gasteiger partial charge in [0.2, 0.25) is 0 Å². The van der Waals surface area contributed by atoms with Crippen LogP contribution < -0.4 is 0 Å². The third-order valence-corrected chi connectivity index (χ3v) is 1.02. The fourth-order valence-corrected chi connectivity index (χ4v) is 0.635. The first-order valence-corrected chi connectivity index (χ1v) is 2.65. The average molecular weight is 111 g/mol. The molecule has 0 aliphatic heterocycles. The van der Waals surface area contributed by atoms with Crippen molar-refractivity contribution in [3.63, 3.8) is 0 Å². The quantitative estimate of drug-likeness (QED) is 0.590. The lowest BCUT2D eigenvalue weighted by molar-refractivity contribution is 0.276. The van der Waals surface area contributed by atoms with Gasteiger partial charge in [0, 0.05) is 18.9 Å². The summed E-state index contributed by atoms with van der Waals surface area (Å²) < 4.78 is 1.93. The molecule has 0 amide bonds. The first kappa shape index (κ1) is 5.38.